The molecule has 2 rings (SSSR count). The van der Waals surface area contributed by atoms with Gasteiger partial charge in [-0.1, -0.05) is 20.3 Å². The van der Waals surface area contributed by atoms with E-state index >= 15 is 0 Å². The minimum Gasteiger partial charge on any atom is -0.384 e. The molecule has 0 aliphatic rings. The van der Waals surface area contributed by atoms with Gasteiger partial charge in [0.1, 0.15) is 12.7 Å². The van der Waals surface area contributed by atoms with Crippen molar-refractivity contribution in [3.05, 3.63) is 31.0 Å². The molecule has 0 aliphatic carbocycles. The van der Waals surface area contributed by atoms with Gasteiger partial charge in [-0.3, -0.25) is 0 Å². The molecular weight excluding hydrogens is 214 g/mol. The quantitative estimate of drug-likeness (QED) is 0.856. The van der Waals surface area contributed by atoms with E-state index in [4.69, 9.17) is 0 Å². The van der Waals surface area contributed by atoms with E-state index in [1.807, 2.05) is 18.3 Å². The molecule has 2 aromatic heterocycles. The van der Waals surface area contributed by atoms with Crippen LogP contribution in [-0.4, -0.2) is 26.3 Å². The number of anilines is 1. The number of aromatic nitrogens is 4. The Bertz CT molecular complexity index is 434. The van der Waals surface area contributed by atoms with Gasteiger partial charge in [0.25, 0.3) is 0 Å². The van der Waals surface area contributed by atoms with E-state index in [2.05, 4.69) is 34.2 Å². The molecule has 17 heavy (non-hydrogen) atoms. The average Bonchev–Trinajstić information content (AvgIpc) is 2.90. The van der Waals surface area contributed by atoms with E-state index in [1.165, 1.54) is 12.7 Å². The molecule has 5 nitrogen and oxygen atoms in total. The van der Waals surface area contributed by atoms with Gasteiger partial charge in [0.15, 0.2) is 5.82 Å². The molecule has 1 N–H and O–H groups in total. The summed E-state index contributed by atoms with van der Waals surface area (Å²) < 4.78 is 1.64. The van der Waals surface area contributed by atoms with Gasteiger partial charge in [-0.05, 0) is 18.1 Å². The number of rotatable bonds is 5. The van der Waals surface area contributed by atoms with Crippen LogP contribution in [0, 0.1) is 5.92 Å². The highest BCUT2D eigenvalue weighted by Gasteiger charge is 2.01. The first kappa shape index (κ1) is 11.6. The largest absolute Gasteiger partial charge is 0.384 e. The van der Waals surface area contributed by atoms with E-state index in [0.717, 1.165) is 18.1 Å². The summed E-state index contributed by atoms with van der Waals surface area (Å²) in [5.74, 6) is 1.45. The fourth-order valence-electron chi connectivity index (χ4n) is 1.39. The van der Waals surface area contributed by atoms with Gasteiger partial charge in [0.2, 0.25) is 0 Å². The minimum atomic E-state index is 0.671. The number of hydrogen-bond donors (Lipinski definition) is 1. The Morgan fingerprint density at radius 1 is 1.41 bits per heavy atom. The van der Waals surface area contributed by atoms with Crippen LogP contribution in [0.5, 0.6) is 0 Å². The lowest BCUT2D eigenvalue weighted by molar-refractivity contribution is 0.593. The van der Waals surface area contributed by atoms with Crippen LogP contribution in [0.3, 0.4) is 0 Å². The van der Waals surface area contributed by atoms with Crippen molar-refractivity contribution in [1.29, 1.82) is 0 Å². The molecule has 1 atom stereocenters. The third kappa shape index (κ3) is 3.03. The summed E-state index contributed by atoms with van der Waals surface area (Å²) >= 11 is 0. The second-order valence-corrected chi connectivity index (χ2v) is 4.14. The number of nitrogens with one attached hydrogen (secondary N) is 1. The highest BCUT2D eigenvalue weighted by molar-refractivity contribution is 5.43. The summed E-state index contributed by atoms with van der Waals surface area (Å²) in [6, 6.07) is 3.93. The topological polar surface area (TPSA) is 55.6 Å². The zero-order valence-corrected chi connectivity index (χ0v) is 10.2. The normalized spacial score (nSPS) is 12.4. The van der Waals surface area contributed by atoms with Crippen molar-refractivity contribution in [1.82, 2.24) is 19.7 Å². The summed E-state index contributed by atoms with van der Waals surface area (Å²) in [6.07, 6.45) is 6.13. The first-order valence-electron chi connectivity index (χ1n) is 5.84. The molecule has 0 spiro atoms. The Hall–Kier alpha value is -1.91. The monoisotopic (exact) mass is 231 g/mol. The number of nitrogens with zero attached hydrogens (tertiary/aromatic N) is 4. The van der Waals surface area contributed by atoms with Crippen molar-refractivity contribution in [2.24, 2.45) is 5.92 Å². The van der Waals surface area contributed by atoms with Crippen LogP contribution in [0.4, 0.5) is 5.69 Å². The van der Waals surface area contributed by atoms with E-state index < -0.39 is 0 Å². The smallest absolute Gasteiger partial charge is 0.155 e. The molecule has 0 fully saturated rings. The van der Waals surface area contributed by atoms with Gasteiger partial charge in [0, 0.05) is 6.54 Å². The first-order chi connectivity index (χ1) is 8.29. The lowest BCUT2D eigenvalue weighted by Gasteiger charge is -2.11. The Morgan fingerprint density at radius 3 is 2.88 bits per heavy atom. The third-order valence-electron chi connectivity index (χ3n) is 2.75. The Kier molecular flexibility index (Phi) is 3.69. The molecule has 0 aromatic carbocycles. The summed E-state index contributed by atoms with van der Waals surface area (Å²) in [5, 5.41) is 7.39. The van der Waals surface area contributed by atoms with Crippen LogP contribution >= 0.6 is 0 Å². The molecule has 90 valence electrons. The van der Waals surface area contributed by atoms with Crippen LogP contribution in [0.15, 0.2) is 31.0 Å². The van der Waals surface area contributed by atoms with E-state index in [1.54, 1.807) is 11.0 Å². The highest BCUT2D eigenvalue weighted by Crippen LogP contribution is 2.10. The first-order valence-corrected chi connectivity index (χ1v) is 5.84. The maximum atomic E-state index is 4.32. The van der Waals surface area contributed by atoms with Crippen LogP contribution in [0.1, 0.15) is 20.3 Å². The molecule has 0 bridgehead atoms. The van der Waals surface area contributed by atoms with Crippen molar-refractivity contribution < 1.29 is 0 Å². The van der Waals surface area contributed by atoms with Crippen LogP contribution in [-0.2, 0) is 0 Å². The molecule has 1 unspecified atom stereocenters. The number of hydrogen-bond acceptors (Lipinski definition) is 4. The lowest BCUT2D eigenvalue weighted by Crippen LogP contribution is -2.10. The number of pyridine rings is 1. The zero-order chi connectivity index (χ0) is 12.1. The molecule has 0 amide bonds. The predicted octanol–water partition coefficient (Wildman–Crippen LogP) is 2.12. The molecule has 2 aromatic rings. The predicted molar refractivity (Wildman–Crippen MR) is 67.1 cm³/mol. The van der Waals surface area contributed by atoms with Crippen molar-refractivity contribution in [2.75, 3.05) is 11.9 Å². The van der Waals surface area contributed by atoms with Gasteiger partial charge < -0.3 is 5.32 Å². The summed E-state index contributed by atoms with van der Waals surface area (Å²) in [4.78, 5) is 8.21. The van der Waals surface area contributed by atoms with E-state index in [9.17, 15) is 0 Å². The molecule has 0 radical (unpaired) electrons. The molecule has 5 heteroatoms. The molecule has 0 saturated heterocycles. The average molecular weight is 231 g/mol. The molecule has 0 saturated carbocycles. The summed E-state index contributed by atoms with van der Waals surface area (Å²) in [5.41, 5.74) is 1.04. The van der Waals surface area contributed by atoms with Crippen molar-refractivity contribution in [3.63, 3.8) is 0 Å². The van der Waals surface area contributed by atoms with Crippen molar-refractivity contribution in [3.8, 4) is 5.82 Å². The Morgan fingerprint density at radius 2 is 2.29 bits per heavy atom. The fraction of sp³-hybridized carbons (Fsp3) is 0.417. The van der Waals surface area contributed by atoms with Gasteiger partial charge in [-0.25, -0.2) is 14.6 Å². The van der Waals surface area contributed by atoms with Crippen molar-refractivity contribution in [2.45, 2.75) is 20.3 Å². The Balaban J connectivity index is 1.99. The maximum absolute atomic E-state index is 4.32. The second-order valence-electron chi connectivity index (χ2n) is 4.14. The van der Waals surface area contributed by atoms with Gasteiger partial charge in [-0.2, -0.15) is 5.10 Å². The van der Waals surface area contributed by atoms with Crippen LogP contribution in [0.2, 0.25) is 0 Å². The van der Waals surface area contributed by atoms with Crippen molar-refractivity contribution >= 4 is 5.69 Å². The second kappa shape index (κ2) is 5.43. The Labute approximate surface area is 101 Å². The van der Waals surface area contributed by atoms with Gasteiger partial charge in [0.05, 0.1) is 11.9 Å². The van der Waals surface area contributed by atoms with Crippen LogP contribution in [0.25, 0.3) is 5.82 Å². The summed E-state index contributed by atoms with van der Waals surface area (Å²) in [6.45, 7) is 5.39. The third-order valence-corrected chi connectivity index (χ3v) is 2.75. The molecular formula is C12H17N5. The molecule has 0 aliphatic heterocycles. The van der Waals surface area contributed by atoms with Gasteiger partial charge in [-0.15, -0.1) is 0 Å². The summed E-state index contributed by atoms with van der Waals surface area (Å²) in [7, 11) is 0. The SMILES string of the molecule is CCC(C)CNc1ccc(-n2cncn2)nc1. The lowest BCUT2D eigenvalue weighted by atomic mass is 10.1. The fourth-order valence-corrected chi connectivity index (χ4v) is 1.39. The van der Waals surface area contributed by atoms with Gasteiger partial charge >= 0.3 is 0 Å². The van der Waals surface area contributed by atoms with E-state index in [0.29, 0.717) is 5.92 Å². The van der Waals surface area contributed by atoms with E-state index in [-0.39, 0.29) is 0 Å². The van der Waals surface area contributed by atoms with Crippen LogP contribution < -0.4 is 5.32 Å². The molecule has 2 heterocycles. The zero-order valence-electron chi connectivity index (χ0n) is 10.2. The highest BCUT2D eigenvalue weighted by atomic mass is 15.3. The maximum Gasteiger partial charge on any atom is 0.155 e. The minimum absolute atomic E-state index is 0.671. The standard InChI is InChI=1S/C12H17N5/c1-3-10(2)6-14-11-4-5-12(15-7-11)17-9-13-8-16-17/h4-5,7-10,14H,3,6H2,1-2H3.